The van der Waals surface area contributed by atoms with Crippen LogP contribution in [0, 0.1) is 5.92 Å². The van der Waals surface area contributed by atoms with Crippen LogP contribution in [-0.2, 0) is 4.79 Å². The van der Waals surface area contributed by atoms with Gasteiger partial charge in [0, 0.05) is 22.5 Å². The second kappa shape index (κ2) is 7.81. The molecule has 1 saturated carbocycles. The first kappa shape index (κ1) is 17.2. The van der Waals surface area contributed by atoms with Crippen LogP contribution >= 0.6 is 24.2 Å². The lowest BCUT2D eigenvalue weighted by molar-refractivity contribution is -0.119. The predicted octanol–water partition coefficient (Wildman–Crippen LogP) is 3.49. The van der Waals surface area contributed by atoms with Crippen molar-refractivity contribution >= 4 is 35.8 Å². The van der Waals surface area contributed by atoms with Crippen molar-refractivity contribution < 1.29 is 13.6 Å². The molecular weight excluding hydrogens is 306 g/mol. The zero-order valence-corrected chi connectivity index (χ0v) is 12.4. The fourth-order valence-corrected chi connectivity index (χ4v) is 2.81. The average molecular weight is 323 g/mol. The molecule has 0 heterocycles. The molecule has 0 saturated heterocycles. The number of hydrogen-bond donors (Lipinski definition) is 2. The highest BCUT2D eigenvalue weighted by Gasteiger charge is 2.27. The molecule has 0 aromatic heterocycles. The van der Waals surface area contributed by atoms with Crippen molar-refractivity contribution in [3.8, 4) is 0 Å². The molecule has 1 aromatic carbocycles. The molecule has 3 N–H and O–H groups in total. The third-order valence-electron chi connectivity index (χ3n) is 3.17. The highest BCUT2D eigenvalue weighted by molar-refractivity contribution is 7.99. The Bertz CT molecular complexity index is 462. The molecule has 0 aliphatic heterocycles. The van der Waals surface area contributed by atoms with Gasteiger partial charge in [-0.25, -0.2) is 0 Å². The van der Waals surface area contributed by atoms with Gasteiger partial charge in [-0.3, -0.25) is 4.79 Å². The summed E-state index contributed by atoms with van der Waals surface area (Å²) >= 11 is 0.468. The SMILES string of the molecule is Cl.NC1CCC(C(=O)Nc2cccc(SC(F)F)c2)C1. The number of carbonyl (C=O) groups is 1. The highest BCUT2D eigenvalue weighted by atomic mass is 35.5. The molecule has 7 heteroatoms. The van der Waals surface area contributed by atoms with E-state index in [2.05, 4.69) is 5.32 Å². The van der Waals surface area contributed by atoms with Crippen molar-refractivity contribution in [1.82, 2.24) is 0 Å². The van der Waals surface area contributed by atoms with Gasteiger partial charge in [-0.05, 0) is 37.5 Å². The molecule has 1 aliphatic carbocycles. The molecular formula is C13H17ClF2N2OS. The van der Waals surface area contributed by atoms with Crippen LogP contribution in [0.25, 0.3) is 0 Å². The maximum absolute atomic E-state index is 12.3. The summed E-state index contributed by atoms with van der Waals surface area (Å²) in [4.78, 5) is 12.4. The van der Waals surface area contributed by atoms with E-state index in [9.17, 15) is 13.6 Å². The normalized spacial score (nSPS) is 21.6. The number of amides is 1. The first-order valence-electron chi connectivity index (χ1n) is 6.16. The van der Waals surface area contributed by atoms with E-state index >= 15 is 0 Å². The Morgan fingerprint density at radius 3 is 2.75 bits per heavy atom. The number of benzene rings is 1. The number of hydrogen-bond acceptors (Lipinski definition) is 3. The molecule has 1 aromatic rings. The summed E-state index contributed by atoms with van der Waals surface area (Å²) in [6.45, 7) is 0. The van der Waals surface area contributed by atoms with Gasteiger partial charge in [0.1, 0.15) is 0 Å². The van der Waals surface area contributed by atoms with Crippen LogP contribution in [0.15, 0.2) is 29.2 Å². The van der Waals surface area contributed by atoms with Crippen molar-refractivity contribution in [2.45, 2.75) is 36.0 Å². The number of nitrogens with one attached hydrogen (secondary N) is 1. The van der Waals surface area contributed by atoms with Gasteiger partial charge in [0.25, 0.3) is 5.76 Å². The minimum Gasteiger partial charge on any atom is -0.328 e. The van der Waals surface area contributed by atoms with Crippen molar-refractivity contribution in [1.29, 1.82) is 0 Å². The van der Waals surface area contributed by atoms with Crippen LogP contribution in [0.2, 0.25) is 0 Å². The van der Waals surface area contributed by atoms with Gasteiger partial charge in [-0.2, -0.15) is 8.78 Å². The van der Waals surface area contributed by atoms with Crippen LogP contribution in [0.5, 0.6) is 0 Å². The lowest BCUT2D eigenvalue weighted by atomic mass is 10.1. The smallest absolute Gasteiger partial charge is 0.288 e. The summed E-state index contributed by atoms with van der Waals surface area (Å²) in [6, 6.07) is 6.60. The molecule has 0 radical (unpaired) electrons. The molecule has 2 rings (SSSR count). The molecule has 20 heavy (non-hydrogen) atoms. The van der Waals surface area contributed by atoms with Crippen LogP contribution in [0.1, 0.15) is 19.3 Å². The van der Waals surface area contributed by atoms with E-state index in [1.54, 1.807) is 24.3 Å². The fourth-order valence-electron chi connectivity index (χ4n) is 2.25. The van der Waals surface area contributed by atoms with Gasteiger partial charge >= 0.3 is 0 Å². The Balaban J connectivity index is 0.00000200. The number of halogens is 3. The number of carbonyl (C=O) groups excluding carboxylic acids is 1. The second-order valence-electron chi connectivity index (χ2n) is 4.67. The van der Waals surface area contributed by atoms with Crippen LogP contribution in [0.4, 0.5) is 14.5 Å². The van der Waals surface area contributed by atoms with E-state index in [1.165, 1.54) is 0 Å². The summed E-state index contributed by atoms with van der Waals surface area (Å²) in [5.74, 6) is -2.60. The Morgan fingerprint density at radius 2 is 2.15 bits per heavy atom. The Hall–Kier alpha value is -0.850. The maximum Gasteiger partial charge on any atom is 0.288 e. The van der Waals surface area contributed by atoms with Gasteiger partial charge in [0.2, 0.25) is 5.91 Å². The predicted molar refractivity (Wildman–Crippen MR) is 79.5 cm³/mol. The second-order valence-corrected chi connectivity index (χ2v) is 5.73. The first-order chi connectivity index (χ1) is 9.04. The summed E-state index contributed by atoms with van der Waals surface area (Å²) in [5.41, 5.74) is 6.32. The number of alkyl halides is 2. The first-order valence-corrected chi connectivity index (χ1v) is 7.04. The molecule has 3 nitrogen and oxygen atoms in total. The van der Waals surface area contributed by atoms with Gasteiger partial charge < -0.3 is 11.1 Å². The quantitative estimate of drug-likeness (QED) is 0.834. The van der Waals surface area contributed by atoms with Crippen LogP contribution in [0.3, 0.4) is 0 Å². The summed E-state index contributed by atoms with van der Waals surface area (Å²) in [6.07, 6.45) is 2.34. The van der Waals surface area contributed by atoms with Crippen molar-refractivity contribution in [3.63, 3.8) is 0 Å². The third-order valence-corrected chi connectivity index (χ3v) is 3.87. The molecule has 0 bridgehead atoms. The molecule has 0 spiro atoms. The largest absolute Gasteiger partial charge is 0.328 e. The van der Waals surface area contributed by atoms with Crippen LogP contribution < -0.4 is 11.1 Å². The van der Waals surface area contributed by atoms with E-state index in [4.69, 9.17) is 5.73 Å². The van der Waals surface area contributed by atoms with Gasteiger partial charge in [0.15, 0.2) is 0 Å². The molecule has 1 amide bonds. The molecule has 2 unspecified atom stereocenters. The van der Waals surface area contributed by atoms with E-state index in [0.717, 1.165) is 12.8 Å². The van der Waals surface area contributed by atoms with Gasteiger partial charge in [-0.1, -0.05) is 17.8 Å². The zero-order chi connectivity index (χ0) is 13.8. The standard InChI is InChI=1S/C13H16F2N2OS.ClH/c14-13(15)19-11-3-1-2-10(7-11)17-12(18)8-4-5-9(16)6-8;/h1-3,7-9,13H,4-6,16H2,(H,17,18);1H. The van der Waals surface area contributed by atoms with E-state index in [-0.39, 0.29) is 30.3 Å². The minimum absolute atomic E-state index is 0. The number of anilines is 1. The maximum atomic E-state index is 12.3. The van der Waals surface area contributed by atoms with Gasteiger partial charge in [0.05, 0.1) is 0 Å². The van der Waals surface area contributed by atoms with Crippen molar-refractivity contribution in [2.24, 2.45) is 11.7 Å². The molecule has 112 valence electrons. The summed E-state index contributed by atoms with van der Waals surface area (Å²) < 4.78 is 24.5. The number of rotatable bonds is 4. The average Bonchev–Trinajstić information content (AvgIpc) is 2.75. The zero-order valence-electron chi connectivity index (χ0n) is 10.7. The Labute approximate surface area is 127 Å². The number of thioether (sulfide) groups is 1. The van der Waals surface area contributed by atoms with Crippen molar-refractivity contribution in [3.05, 3.63) is 24.3 Å². The van der Waals surface area contributed by atoms with E-state index < -0.39 is 5.76 Å². The minimum atomic E-state index is -2.46. The molecule has 2 atom stereocenters. The highest BCUT2D eigenvalue weighted by Crippen LogP contribution is 2.29. The van der Waals surface area contributed by atoms with E-state index in [0.29, 0.717) is 28.8 Å². The van der Waals surface area contributed by atoms with Gasteiger partial charge in [-0.15, -0.1) is 12.4 Å². The molecule has 1 fully saturated rings. The van der Waals surface area contributed by atoms with E-state index in [1.807, 2.05) is 0 Å². The van der Waals surface area contributed by atoms with Crippen LogP contribution in [-0.4, -0.2) is 17.7 Å². The molecule has 1 aliphatic rings. The third kappa shape index (κ3) is 4.92. The number of nitrogens with two attached hydrogens (primary N) is 1. The Morgan fingerprint density at radius 1 is 1.40 bits per heavy atom. The van der Waals surface area contributed by atoms with Crippen molar-refractivity contribution in [2.75, 3.05) is 5.32 Å². The topological polar surface area (TPSA) is 55.1 Å². The monoisotopic (exact) mass is 322 g/mol. The summed E-state index contributed by atoms with van der Waals surface area (Å²) in [7, 11) is 0. The summed E-state index contributed by atoms with van der Waals surface area (Å²) in [5, 5.41) is 2.77. The Kier molecular flexibility index (Phi) is 6.71. The lowest BCUT2D eigenvalue weighted by Gasteiger charge is -2.11. The lowest BCUT2D eigenvalue weighted by Crippen LogP contribution is -2.23. The fraction of sp³-hybridized carbons (Fsp3) is 0.462.